The van der Waals surface area contributed by atoms with Gasteiger partial charge in [-0.2, -0.15) is 55.6 Å². The van der Waals surface area contributed by atoms with Crippen molar-refractivity contribution in [2.24, 2.45) is 0 Å². The second-order valence-electron chi connectivity index (χ2n) is 10.5. The van der Waals surface area contributed by atoms with Gasteiger partial charge in [-0.3, -0.25) is 19.2 Å². The van der Waals surface area contributed by atoms with Gasteiger partial charge in [-0.05, 0) is 65.7 Å². The standard InChI is InChI=1S/C15H9F2N2.C15H10FN2.C8H4F3N4.Ir/c16-12-3-1-5-14(9-12)18-7-8-19(11-18)15-6-2-4-13(17)10-15;16-13-5-4-8-15(11-13)18-10-9-17(12-18)14-6-2-1-3-7-14;9-8(10,11)7-13-6(14-15-7)5-3-1-2-4-12-5;/h1-5,7-10H;1-6,8-11H;1-4H;/q3*-1;. The van der Waals surface area contributed by atoms with Gasteiger partial charge < -0.3 is 19.2 Å². The van der Waals surface area contributed by atoms with E-state index in [4.69, 9.17) is 0 Å². The van der Waals surface area contributed by atoms with E-state index in [2.05, 4.69) is 45.0 Å². The zero-order valence-electron chi connectivity index (χ0n) is 27.0. The van der Waals surface area contributed by atoms with Gasteiger partial charge in [0.25, 0.3) is 12.7 Å². The quantitative estimate of drug-likeness (QED) is 0.111. The number of imidazole rings is 2. The van der Waals surface area contributed by atoms with Crippen LogP contribution in [-0.2, 0) is 26.3 Å². The SMILES string of the molecule is FC(F)(F)c1n[n-]c(-c2ccccn2)n1.Fc1cc[c-]c(-n2[c-][n+](-c3cccc(F)c3)cc2)c1.Fc1cccc(-[n+]2[c-]n(-c3[c-]cccc3)cc2)c1.[Ir]. The van der Waals surface area contributed by atoms with Crippen LogP contribution in [0.15, 0.2) is 140 Å². The van der Waals surface area contributed by atoms with Crippen molar-refractivity contribution in [3.05, 3.63) is 188 Å². The minimum atomic E-state index is -4.57. The molecule has 0 saturated heterocycles. The molecule has 4 aromatic carbocycles. The van der Waals surface area contributed by atoms with E-state index in [1.54, 1.807) is 56.4 Å². The molecule has 0 amide bonds. The summed E-state index contributed by atoms with van der Waals surface area (Å²) >= 11 is 0. The average Bonchev–Trinajstić information content (AvgIpc) is 3.95. The van der Waals surface area contributed by atoms with E-state index in [9.17, 15) is 26.3 Å². The summed E-state index contributed by atoms with van der Waals surface area (Å²) in [7, 11) is 0. The molecule has 0 aliphatic heterocycles. The van der Waals surface area contributed by atoms with Crippen molar-refractivity contribution in [2.45, 2.75) is 6.18 Å². The first-order chi connectivity index (χ1) is 25.1. The fourth-order valence-corrected chi connectivity index (χ4v) is 4.50. The number of nitrogens with zero attached hydrogens (tertiary/aromatic N) is 8. The molecule has 0 saturated carbocycles. The summed E-state index contributed by atoms with van der Waals surface area (Å²) in [6.07, 6.45) is 10.1. The number of rotatable bonds is 5. The number of halogens is 6. The van der Waals surface area contributed by atoms with Crippen molar-refractivity contribution in [1.82, 2.24) is 29.3 Å². The predicted molar refractivity (Wildman–Crippen MR) is 173 cm³/mol. The molecule has 0 fully saturated rings. The van der Waals surface area contributed by atoms with Crippen LogP contribution < -0.4 is 14.2 Å². The Morgan fingerprint density at radius 1 is 0.642 bits per heavy atom. The molecule has 0 unspecified atom stereocenters. The van der Waals surface area contributed by atoms with Gasteiger partial charge in [0, 0.05) is 56.9 Å². The van der Waals surface area contributed by atoms with Crippen molar-refractivity contribution in [1.29, 1.82) is 0 Å². The molecule has 8 nitrogen and oxygen atoms in total. The van der Waals surface area contributed by atoms with Gasteiger partial charge in [-0.15, -0.1) is 12.1 Å². The van der Waals surface area contributed by atoms with Crippen LogP contribution >= 0.6 is 0 Å². The molecule has 0 spiro atoms. The normalized spacial score (nSPS) is 10.7. The Kier molecular flexibility index (Phi) is 12.5. The van der Waals surface area contributed by atoms with Crippen LogP contribution in [0.25, 0.3) is 34.3 Å². The molecular weight excluding hydrogens is 875 g/mol. The number of para-hydroxylation sites is 1. The third-order valence-electron chi connectivity index (χ3n) is 6.89. The monoisotopic (exact) mass is 898 g/mol. The first kappa shape index (κ1) is 38.1. The summed E-state index contributed by atoms with van der Waals surface area (Å²) in [6, 6.07) is 35.2. The molecule has 53 heavy (non-hydrogen) atoms. The fraction of sp³-hybridized carbons (Fsp3) is 0.0263. The zero-order chi connectivity index (χ0) is 36.5. The molecular formula is C38H23F6IrN8-3. The van der Waals surface area contributed by atoms with Gasteiger partial charge in [0.2, 0.25) is 0 Å². The van der Waals surface area contributed by atoms with E-state index in [0.717, 1.165) is 11.4 Å². The topological polar surface area (TPSA) is 70.4 Å². The maximum atomic E-state index is 13.1. The summed E-state index contributed by atoms with van der Waals surface area (Å²) < 4.78 is 82.6. The van der Waals surface area contributed by atoms with Gasteiger partial charge in [-0.1, -0.05) is 18.2 Å². The number of aromatic nitrogens is 8. The molecule has 0 atom stereocenters. The molecule has 15 heteroatoms. The van der Waals surface area contributed by atoms with Crippen LogP contribution in [0, 0.1) is 42.2 Å². The van der Waals surface area contributed by atoms with E-state index < -0.39 is 12.0 Å². The average molecular weight is 898 g/mol. The first-order valence-electron chi connectivity index (χ1n) is 15.2. The molecule has 0 N–H and O–H groups in total. The van der Waals surface area contributed by atoms with Crippen molar-refractivity contribution in [2.75, 3.05) is 0 Å². The molecule has 4 heterocycles. The largest absolute Gasteiger partial charge is 0.429 e. The Labute approximate surface area is 312 Å². The molecule has 0 bridgehead atoms. The first-order valence-corrected chi connectivity index (χ1v) is 15.2. The van der Waals surface area contributed by atoms with E-state index in [-0.39, 0.29) is 49.1 Å². The van der Waals surface area contributed by atoms with Gasteiger partial charge in [0.15, 0.2) is 0 Å². The van der Waals surface area contributed by atoms with E-state index in [1.807, 2.05) is 47.3 Å². The van der Waals surface area contributed by atoms with E-state index in [0.29, 0.717) is 11.4 Å². The summed E-state index contributed by atoms with van der Waals surface area (Å²) in [6.45, 7) is 0. The van der Waals surface area contributed by atoms with E-state index >= 15 is 0 Å². The van der Waals surface area contributed by atoms with Crippen LogP contribution in [0.2, 0.25) is 0 Å². The zero-order valence-corrected chi connectivity index (χ0v) is 29.4. The van der Waals surface area contributed by atoms with Crippen molar-refractivity contribution in [3.63, 3.8) is 0 Å². The second kappa shape index (κ2) is 17.4. The van der Waals surface area contributed by atoms with Crippen molar-refractivity contribution < 1.29 is 55.6 Å². The third kappa shape index (κ3) is 10.2. The minimum Gasteiger partial charge on any atom is -0.413 e. The number of hydrogen-bond donors (Lipinski definition) is 0. The maximum Gasteiger partial charge on any atom is 0.429 e. The molecule has 0 aliphatic rings. The molecule has 8 rings (SSSR count). The van der Waals surface area contributed by atoms with Gasteiger partial charge in [0.1, 0.15) is 17.5 Å². The van der Waals surface area contributed by atoms with Crippen molar-refractivity contribution in [3.8, 4) is 34.3 Å². The van der Waals surface area contributed by atoms with Gasteiger partial charge in [-0.25, -0.2) is 13.2 Å². The van der Waals surface area contributed by atoms with Gasteiger partial charge in [0.05, 0.1) is 17.1 Å². The molecule has 1 radical (unpaired) electrons. The summed E-state index contributed by atoms with van der Waals surface area (Å²) in [5.74, 6) is -2.28. The Bertz CT molecular complexity index is 2300. The molecule has 4 aromatic heterocycles. The Morgan fingerprint density at radius 3 is 1.77 bits per heavy atom. The summed E-state index contributed by atoms with van der Waals surface area (Å²) in [5.41, 5.74) is 3.09. The second-order valence-corrected chi connectivity index (χ2v) is 10.5. The van der Waals surface area contributed by atoms with E-state index in [1.165, 1.54) is 54.7 Å². The van der Waals surface area contributed by atoms with Crippen LogP contribution in [0.5, 0.6) is 0 Å². The Morgan fingerprint density at radius 2 is 1.25 bits per heavy atom. The van der Waals surface area contributed by atoms with Gasteiger partial charge >= 0.3 is 6.18 Å². The van der Waals surface area contributed by atoms with Crippen LogP contribution in [0.1, 0.15) is 5.82 Å². The van der Waals surface area contributed by atoms with Crippen molar-refractivity contribution >= 4 is 0 Å². The third-order valence-corrected chi connectivity index (χ3v) is 6.89. The van der Waals surface area contributed by atoms with Crippen LogP contribution in [0.3, 0.4) is 0 Å². The molecule has 0 aliphatic carbocycles. The number of benzene rings is 4. The molecule has 8 aromatic rings. The predicted octanol–water partition coefficient (Wildman–Crippen LogP) is 6.64. The summed E-state index contributed by atoms with van der Waals surface area (Å²) in [5, 5.41) is 6.25. The number of hydrogen-bond acceptors (Lipinski definition) is 3. The molecule has 269 valence electrons. The van der Waals surface area contributed by atoms with Crippen LogP contribution in [0.4, 0.5) is 26.3 Å². The maximum absolute atomic E-state index is 13.1. The minimum absolute atomic E-state index is 0. The number of pyridine rings is 1. The Balaban J connectivity index is 0.000000153. The van der Waals surface area contributed by atoms with Crippen LogP contribution in [-0.4, -0.2) is 24.2 Å². The Hall–Kier alpha value is -6.18. The smallest absolute Gasteiger partial charge is 0.413 e. The summed E-state index contributed by atoms with van der Waals surface area (Å²) in [4.78, 5) is 7.05. The number of alkyl halides is 3. The fourth-order valence-electron chi connectivity index (χ4n) is 4.50.